The maximum absolute atomic E-state index is 9.09. The highest BCUT2D eigenvalue weighted by atomic mass is 16.4. The Hall–Kier alpha value is -1.55. The van der Waals surface area contributed by atoms with Gasteiger partial charge in [-0.3, -0.25) is 0 Å². The van der Waals surface area contributed by atoms with Gasteiger partial charge in [0.2, 0.25) is 0 Å². The fraction of sp³-hybridized carbons (Fsp3) is 0.588. The molecule has 1 aromatic rings. The summed E-state index contributed by atoms with van der Waals surface area (Å²) in [7, 11) is 2.16. The van der Waals surface area contributed by atoms with Crippen LogP contribution in [0, 0.1) is 5.92 Å². The van der Waals surface area contributed by atoms with Crippen molar-refractivity contribution in [2.45, 2.75) is 44.6 Å². The minimum absolute atomic E-state index is 0.0599. The van der Waals surface area contributed by atoms with Gasteiger partial charge in [-0.1, -0.05) is 55.3 Å². The van der Waals surface area contributed by atoms with Gasteiger partial charge in [-0.05, 0) is 31.4 Å². The first-order valence-corrected chi connectivity index (χ1v) is 7.86. The summed E-state index contributed by atoms with van der Waals surface area (Å²) in [5.74, 6) is 0.944. The third kappa shape index (κ3) is 3.97. The first-order valence-electron chi connectivity index (χ1n) is 7.86. The average Bonchev–Trinajstić information content (AvgIpc) is 2.53. The van der Waals surface area contributed by atoms with Crippen molar-refractivity contribution in [3.05, 3.63) is 35.9 Å². The van der Waals surface area contributed by atoms with Crippen molar-refractivity contribution in [2.75, 3.05) is 13.6 Å². The Labute approximate surface area is 127 Å². The molecule has 1 fully saturated rings. The van der Waals surface area contributed by atoms with Crippen LogP contribution in [0.1, 0.15) is 44.1 Å². The molecule has 0 spiro atoms. The van der Waals surface area contributed by atoms with Crippen LogP contribution >= 0.6 is 0 Å². The van der Waals surface area contributed by atoms with Gasteiger partial charge in [-0.15, -0.1) is 0 Å². The maximum atomic E-state index is 9.09. The molecule has 0 heterocycles. The highest BCUT2D eigenvalue weighted by Gasteiger charge is 2.28. The van der Waals surface area contributed by atoms with Crippen LogP contribution in [0.4, 0.5) is 0 Å². The number of nitrogens with zero attached hydrogens (tertiary/aromatic N) is 2. The zero-order valence-electron chi connectivity index (χ0n) is 13.1. The van der Waals surface area contributed by atoms with Gasteiger partial charge in [0.1, 0.15) is 5.84 Å². The van der Waals surface area contributed by atoms with Crippen LogP contribution in [0.2, 0.25) is 0 Å². The smallest absolute Gasteiger partial charge is 0.147 e. The van der Waals surface area contributed by atoms with E-state index in [-0.39, 0.29) is 11.8 Å². The third-order valence-electron chi connectivity index (χ3n) is 4.78. The number of hydrogen-bond acceptors (Lipinski definition) is 3. The van der Waals surface area contributed by atoms with Crippen molar-refractivity contribution in [1.29, 1.82) is 0 Å². The Bertz CT molecular complexity index is 460. The lowest BCUT2D eigenvalue weighted by atomic mass is 9.84. The van der Waals surface area contributed by atoms with Gasteiger partial charge < -0.3 is 15.8 Å². The number of hydrogen-bond donors (Lipinski definition) is 2. The summed E-state index contributed by atoms with van der Waals surface area (Å²) in [4.78, 5) is 2.39. The summed E-state index contributed by atoms with van der Waals surface area (Å²) in [6.45, 7) is 3.12. The molecule has 116 valence electrons. The van der Waals surface area contributed by atoms with E-state index in [4.69, 9.17) is 10.9 Å². The topological polar surface area (TPSA) is 61.8 Å². The van der Waals surface area contributed by atoms with E-state index in [0.29, 0.717) is 12.0 Å². The maximum Gasteiger partial charge on any atom is 0.147 e. The predicted octanol–water partition coefficient (Wildman–Crippen LogP) is 3.03. The Kier molecular flexibility index (Phi) is 5.62. The van der Waals surface area contributed by atoms with E-state index in [2.05, 4.69) is 24.0 Å². The van der Waals surface area contributed by atoms with Crippen molar-refractivity contribution >= 4 is 5.84 Å². The number of likely N-dealkylation sites (N-methyl/N-ethyl adjacent to an activating group) is 1. The number of amidine groups is 1. The molecular weight excluding hydrogens is 262 g/mol. The minimum Gasteiger partial charge on any atom is -0.409 e. The van der Waals surface area contributed by atoms with Gasteiger partial charge in [-0.2, -0.15) is 0 Å². The minimum atomic E-state index is -0.0599. The summed E-state index contributed by atoms with van der Waals surface area (Å²) in [6.07, 6.45) is 5.19. The van der Waals surface area contributed by atoms with E-state index in [9.17, 15) is 0 Å². The number of benzene rings is 1. The fourth-order valence-electron chi connectivity index (χ4n) is 3.50. The molecule has 4 heteroatoms. The second kappa shape index (κ2) is 7.46. The molecule has 0 radical (unpaired) electrons. The molecule has 1 aliphatic carbocycles. The molecule has 0 aliphatic heterocycles. The SMILES string of the molecule is CC1CCCCC1N(C)CC(C(N)=NO)c1ccccc1. The van der Waals surface area contributed by atoms with E-state index < -0.39 is 0 Å². The van der Waals surface area contributed by atoms with Crippen LogP contribution < -0.4 is 5.73 Å². The largest absolute Gasteiger partial charge is 0.409 e. The van der Waals surface area contributed by atoms with Gasteiger partial charge in [-0.25, -0.2) is 0 Å². The third-order valence-corrected chi connectivity index (χ3v) is 4.78. The number of oxime groups is 1. The highest BCUT2D eigenvalue weighted by Crippen LogP contribution is 2.29. The summed E-state index contributed by atoms with van der Waals surface area (Å²) in [5.41, 5.74) is 7.04. The second-order valence-electron chi connectivity index (χ2n) is 6.26. The fourth-order valence-corrected chi connectivity index (χ4v) is 3.50. The molecule has 3 atom stereocenters. The molecule has 3 unspecified atom stereocenters. The zero-order chi connectivity index (χ0) is 15.2. The molecule has 1 aliphatic rings. The van der Waals surface area contributed by atoms with E-state index in [1.54, 1.807) is 0 Å². The zero-order valence-corrected chi connectivity index (χ0v) is 13.1. The summed E-state index contributed by atoms with van der Waals surface area (Å²) in [5, 5.41) is 12.3. The number of rotatable bonds is 5. The molecule has 4 nitrogen and oxygen atoms in total. The average molecular weight is 289 g/mol. The van der Waals surface area contributed by atoms with E-state index in [0.717, 1.165) is 12.1 Å². The van der Waals surface area contributed by atoms with Crippen LogP contribution in [0.5, 0.6) is 0 Å². The van der Waals surface area contributed by atoms with Crippen LogP contribution in [-0.2, 0) is 0 Å². The molecule has 0 saturated heterocycles. The van der Waals surface area contributed by atoms with Crippen LogP contribution in [0.25, 0.3) is 0 Å². The Balaban J connectivity index is 2.11. The molecular formula is C17H27N3O. The quantitative estimate of drug-likeness (QED) is 0.379. The van der Waals surface area contributed by atoms with Crippen molar-refractivity contribution < 1.29 is 5.21 Å². The van der Waals surface area contributed by atoms with E-state index in [1.807, 2.05) is 30.3 Å². The van der Waals surface area contributed by atoms with Crippen LogP contribution in [0.15, 0.2) is 35.5 Å². The van der Waals surface area contributed by atoms with Crippen molar-refractivity contribution in [1.82, 2.24) is 4.90 Å². The van der Waals surface area contributed by atoms with Gasteiger partial charge >= 0.3 is 0 Å². The summed E-state index contributed by atoms with van der Waals surface area (Å²) < 4.78 is 0. The van der Waals surface area contributed by atoms with E-state index >= 15 is 0 Å². The molecule has 0 amide bonds. The standard InChI is InChI=1S/C17H27N3O/c1-13-8-6-7-11-16(13)20(2)12-15(17(18)19-21)14-9-4-3-5-10-14/h3-5,9-10,13,15-16,21H,6-8,11-12H2,1-2H3,(H2,18,19). The molecule has 2 rings (SSSR count). The molecule has 0 bridgehead atoms. The lowest BCUT2D eigenvalue weighted by molar-refractivity contribution is 0.138. The highest BCUT2D eigenvalue weighted by molar-refractivity contribution is 5.87. The molecule has 0 aromatic heterocycles. The first kappa shape index (κ1) is 15.8. The Morgan fingerprint density at radius 3 is 2.62 bits per heavy atom. The normalized spacial score (nSPS) is 25.0. The summed E-state index contributed by atoms with van der Waals surface area (Å²) >= 11 is 0. The van der Waals surface area contributed by atoms with Crippen molar-refractivity contribution in [3.8, 4) is 0 Å². The van der Waals surface area contributed by atoms with Crippen LogP contribution in [0.3, 0.4) is 0 Å². The molecule has 1 aromatic carbocycles. The van der Waals surface area contributed by atoms with Gasteiger partial charge in [0.15, 0.2) is 0 Å². The Morgan fingerprint density at radius 1 is 1.33 bits per heavy atom. The number of nitrogens with two attached hydrogens (primary N) is 1. The van der Waals surface area contributed by atoms with Gasteiger partial charge in [0.05, 0.1) is 5.92 Å². The monoisotopic (exact) mass is 289 g/mol. The molecule has 21 heavy (non-hydrogen) atoms. The van der Waals surface area contributed by atoms with Gasteiger partial charge in [0, 0.05) is 12.6 Å². The lowest BCUT2D eigenvalue weighted by Crippen LogP contribution is -2.43. The molecule has 3 N–H and O–H groups in total. The predicted molar refractivity (Wildman–Crippen MR) is 86.6 cm³/mol. The Morgan fingerprint density at radius 2 is 2.00 bits per heavy atom. The second-order valence-corrected chi connectivity index (χ2v) is 6.26. The van der Waals surface area contributed by atoms with Gasteiger partial charge in [0.25, 0.3) is 0 Å². The van der Waals surface area contributed by atoms with Crippen molar-refractivity contribution in [3.63, 3.8) is 0 Å². The first-order chi connectivity index (χ1) is 10.1. The molecule has 1 saturated carbocycles. The van der Waals surface area contributed by atoms with E-state index in [1.165, 1.54) is 25.7 Å². The summed E-state index contributed by atoms with van der Waals surface area (Å²) in [6, 6.07) is 10.7. The van der Waals surface area contributed by atoms with Crippen molar-refractivity contribution in [2.24, 2.45) is 16.8 Å². The van der Waals surface area contributed by atoms with Crippen LogP contribution in [-0.4, -0.2) is 35.6 Å². The lowest BCUT2D eigenvalue weighted by Gasteiger charge is -2.37.